The predicted octanol–water partition coefficient (Wildman–Crippen LogP) is 0.960. The number of ether oxygens (including phenoxy) is 1. The van der Waals surface area contributed by atoms with Gasteiger partial charge in [0.25, 0.3) is 5.91 Å². The molecule has 5 heteroatoms. The van der Waals surface area contributed by atoms with Gasteiger partial charge in [0.15, 0.2) is 6.61 Å². The molecule has 0 N–H and O–H groups in total. The molecule has 1 radical (unpaired) electrons. The van der Waals surface area contributed by atoms with Crippen LogP contribution in [0.4, 0.5) is 0 Å². The van der Waals surface area contributed by atoms with Crippen molar-refractivity contribution in [3.63, 3.8) is 0 Å². The molecular weight excluding hydrogens is 256 g/mol. The Balaban J connectivity index is 1.76. The van der Waals surface area contributed by atoms with Crippen LogP contribution in [-0.2, 0) is 9.59 Å². The Labute approximate surface area is 119 Å². The highest BCUT2D eigenvalue weighted by molar-refractivity contribution is 5.79. The van der Waals surface area contributed by atoms with E-state index in [1.807, 2.05) is 30.3 Å². The minimum absolute atomic E-state index is 0.0350. The van der Waals surface area contributed by atoms with Crippen molar-refractivity contribution in [2.45, 2.75) is 6.42 Å². The van der Waals surface area contributed by atoms with Gasteiger partial charge >= 0.3 is 0 Å². The van der Waals surface area contributed by atoms with Gasteiger partial charge < -0.3 is 14.5 Å². The van der Waals surface area contributed by atoms with Crippen molar-refractivity contribution in [1.82, 2.24) is 9.80 Å². The van der Waals surface area contributed by atoms with Crippen LogP contribution in [0.5, 0.6) is 5.75 Å². The van der Waals surface area contributed by atoms with E-state index in [0.717, 1.165) is 0 Å². The maximum absolute atomic E-state index is 12.0. The molecule has 2 rings (SSSR count). The van der Waals surface area contributed by atoms with Crippen LogP contribution in [0.1, 0.15) is 6.42 Å². The maximum Gasteiger partial charge on any atom is 0.260 e. The van der Waals surface area contributed by atoms with Gasteiger partial charge in [-0.1, -0.05) is 18.2 Å². The summed E-state index contributed by atoms with van der Waals surface area (Å²) in [4.78, 5) is 27.0. The van der Waals surface area contributed by atoms with E-state index in [1.54, 1.807) is 9.80 Å². The van der Waals surface area contributed by atoms with Crippen LogP contribution in [0.3, 0.4) is 0 Å². The zero-order chi connectivity index (χ0) is 14.4. The SMILES string of the molecule is [CH2]CC(=O)N1CCN(C(=O)COc2ccccc2)CC1. The molecule has 107 valence electrons. The van der Waals surface area contributed by atoms with E-state index in [9.17, 15) is 9.59 Å². The van der Waals surface area contributed by atoms with E-state index < -0.39 is 0 Å². The number of benzene rings is 1. The number of piperazine rings is 1. The van der Waals surface area contributed by atoms with Crippen molar-refractivity contribution >= 4 is 11.8 Å². The van der Waals surface area contributed by atoms with Gasteiger partial charge in [-0.05, 0) is 19.1 Å². The van der Waals surface area contributed by atoms with Crippen molar-refractivity contribution < 1.29 is 14.3 Å². The number of hydrogen-bond donors (Lipinski definition) is 0. The van der Waals surface area contributed by atoms with Crippen LogP contribution >= 0.6 is 0 Å². The highest BCUT2D eigenvalue weighted by Crippen LogP contribution is 2.09. The molecule has 1 saturated heterocycles. The fourth-order valence-corrected chi connectivity index (χ4v) is 2.12. The molecule has 0 spiro atoms. The van der Waals surface area contributed by atoms with Crippen LogP contribution in [0, 0.1) is 6.92 Å². The first-order valence-electron chi connectivity index (χ1n) is 6.73. The molecule has 1 aromatic rings. The third-order valence-electron chi connectivity index (χ3n) is 3.30. The molecule has 1 aliphatic heterocycles. The van der Waals surface area contributed by atoms with Crippen LogP contribution in [0.25, 0.3) is 0 Å². The highest BCUT2D eigenvalue weighted by Gasteiger charge is 2.23. The second-order valence-electron chi connectivity index (χ2n) is 4.61. The van der Waals surface area contributed by atoms with Gasteiger partial charge in [-0.3, -0.25) is 9.59 Å². The minimum atomic E-state index is -0.0458. The first-order chi connectivity index (χ1) is 9.70. The third kappa shape index (κ3) is 3.73. The molecule has 0 bridgehead atoms. The van der Waals surface area contributed by atoms with E-state index >= 15 is 0 Å². The zero-order valence-corrected chi connectivity index (χ0v) is 11.5. The summed E-state index contributed by atoms with van der Waals surface area (Å²) >= 11 is 0. The van der Waals surface area contributed by atoms with E-state index in [0.29, 0.717) is 31.9 Å². The first-order valence-corrected chi connectivity index (χ1v) is 6.73. The Morgan fingerprint density at radius 2 is 1.55 bits per heavy atom. The number of hydrogen-bond acceptors (Lipinski definition) is 3. The number of para-hydroxylation sites is 1. The van der Waals surface area contributed by atoms with Gasteiger partial charge in [-0.15, -0.1) is 0 Å². The average molecular weight is 275 g/mol. The van der Waals surface area contributed by atoms with Crippen molar-refractivity contribution in [2.75, 3.05) is 32.8 Å². The van der Waals surface area contributed by atoms with Gasteiger partial charge in [0.1, 0.15) is 5.75 Å². The van der Waals surface area contributed by atoms with E-state index in [-0.39, 0.29) is 24.8 Å². The van der Waals surface area contributed by atoms with Gasteiger partial charge in [-0.2, -0.15) is 0 Å². The summed E-state index contributed by atoms with van der Waals surface area (Å²) in [5.74, 6) is 0.680. The van der Waals surface area contributed by atoms with Gasteiger partial charge in [0.05, 0.1) is 0 Å². The summed E-state index contributed by atoms with van der Waals surface area (Å²) in [5, 5.41) is 0. The Morgan fingerprint density at radius 3 is 2.10 bits per heavy atom. The summed E-state index contributed by atoms with van der Waals surface area (Å²) in [6, 6.07) is 9.26. The molecule has 1 heterocycles. The molecule has 2 amide bonds. The molecule has 0 aliphatic carbocycles. The first kappa shape index (κ1) is 14.4. The van der Waals surface area contributed by atoms with Crippen LogP contribution in [-0.4, -0.2) is 54.4 Å². The van der Waals surface area contributed by atoms with Gasteiger partial charge in [0, 0.05) is 32.6 Å². The lowest BCUT2D eigenvalue weighted by molar-refractivity contribution is -0.140. The molecule has 0 unspecified atom stereocenters. The molecule has 1 fully saturated rings. The third-order valence-corrected chi connectivity index (χ3v) is 3.30. The maximum atomic E-state index is 12.0. The topological polar surface area (TPSA) is 49.9 Å². The number of carbonyl (C=O) groups is 2. The molecule has 1 aliphatic rings. The Morgan fingerprint density at radius 1 is 1.00 bits per heavy atom. The lowest BCUT2D eigenvalue weighted by atomic mass is 10.3. The largest absolute Gasteiger partial charge is 0.484 e. The standard InChI is InChI=1S/C15H19N2O3/c1-2-14(18)16-8-10-17(11-9-16)15(19)12-20-13-6-4-3-5-7-13/h3-7H,1-2,8-12H2. The summed E-state index contributed by atoms with van der Waals surface area (Å²) in [6.45, 7) is 5.89. The summed E-state index contributed by atoms with van der Waals surface area (Å²) in [5.41, 5.74) is 0. The number of amides is 2. The molecule has 20 heavy (non-hydrogen) atoms. The molecule has 0 aromatic heterocycles. The van der Waals surface area contributed by atoms with Gasteiger partial charge in [0.2, 0.25) is 5.91 Å². The van der Waals surface area contributed by atoms with Crippen molar-refractivity contribution in [1.29, 1.82) is 0 Å². The second-order valence-corrected chi connectivity index (χ2v) is 4.61. The lowest BCUT2D eigenvalue weighted by Gasteiger charge is -2.34. The van der Waals surface area contributed by atoms with Gasteiger partial charge in [-0.25, -0.2) is 0 Å². The average Bonchev–Trinajstić information content (AvgIpc) is 2.53. The fourth-order valence-electron chi connectivity index (χ4n) is 2.12. The molecule has 0 atom stereocenters. The number of nitrogens with zero attached hydrogens (tertiary/aromatic N) is 2. The Bertz CT molecular complexity index is 453. The number of carbonyl (C=O) groups excluding carboxylic acids is 2. The molecule has 0 saturated carbocycles. The van der Waals surface area contributed by atoms with Crippen molar-refractivity contribution in [2.24, 2.45) is 0 Å². The second kappa shape index (κ2) is 6.93. The minimum Gasteiger partial charge on any atom is -0.484 e. The predicted molar refractivity (Wildman–Crippen MR) is 75.1 cm³/mol. The van der Waals surface area contributed by atoms with Crippen molar-refractivity contribution in [3.8, 4) is 5.75 Å². The quantitative estimate of drug-likeness (QED) is 0.822. The zero-order valence-electron chi connectivity index (χ0n) is 11.5. The van der Waals surface area contributed by atoms with Crippen LogP contribution < -0.4 is 4.74 Å². The summed E-state index contributed by atoms with van der Waals surface area (Å²) < 4.78 is 5.43. The van der Waals surface area contributed by atoms with Crippen LogP contribution in [0.2, 0.25) is 0 Å². The molecule has 1 aromatic carbocycles. The van der Waals surface area contributed by atoms with E-state index in [4.69, 9.17) is 4.74 Å². The van der Waals surface area contributed by atoms with Crippen molar-refractivity contribution in [3.05, 3.63) is 37.3 Å². The monoisotopic (exact) mass is 275 g/mol. The Kier molecular flexibility index (Phi) is 4.98. The van der Waals surface area contributed by atoms with E-state index in [2.05, 4.69) is 6.92 Å². The Hall–Kier alpha value is -2.04. The molecule has 5 nitrogen and oxygen atoms in total. The highest BCUT2D eigenvalue weighted by atomic mass is 16.5. The lowest BCUT2D eigenvalue weighted by Crippen LogP contribution is -2.51. The smallest absolute Gasteiger partial charge is 0.260 e. The molecular formula is C15H19N2O3. The summed E-state index contributed by atoms with van der Waals surface area (Å²) in [7, 11) is 0. The summed E-state index contributed by atoms with van der Waals surface area (Å²) in [6.07, 6.45) is 0.269. The fraction of sp³-hybridized carbons (Fsp3) is 0.400. The normalized spacial score (nSPS) is 15.1. The van der Waals surface area contributed by atoms with Crippen LogP contribution in [0.15, 0.2) is 30.3 Å². The van der Waals surface area contributed by atoms with E-state index in [1.165, 1.54) is 0 Å². The number of rotatable bonds is 4.